The number of ether oxygens (including phenoxy) is 2. The molecule has 0 atom stereocenters. The third-order valence-electron chi connectivity index (χ3n) is 4.66. The predicted octanol–water partition coefficient (Wildman–Crippen LogP) is 4.07. The van der Waals surface area contributed by atoms with Crippen molar-refractivity contribution in [3.63, 3.8) is 0 Å². The van der Waals surface area contributed by atoms with Crippen LogP contribution >= 0.6 is 0 Å². The fraction of sp³-hybridized carbons (Fsp3) is 0.476. The van der Waals surface area contributed by atoms with E-state index in [0.29, 0.717) is 32.5 Å². The maximum Gasteiger partial charge on any atom is 0.421 e. The van der Waals surface area contributed by atoms with Crippen molar-refractivity contribution in [1.82, 2.24) is 14.9 Å². The topological polar surface area (TPSA) is 88.6 Å². The molecule has 1 aromatic carbocycles. The number of nitrogens with zero attached hydrogens (tertiary/aromatic N) is 3. The molecule has 2 heterocycles. The molecule has 3 rings (SSSR count). The lowest BCUT2D eigenvalue weighted by molar-refractivity contribution is -0.137. The van der Waals surface area contributed by atoms with Gasteiger partial charge in [0, 0.05) is 25.8 Å². The molecule has 1 aliphatic rings. The quantitative estimate of drug-likeness (QED) is 0.589. The number of aromatic nitrogens is 2. The van der Waals surface area contributed by atoms with E-state index in [0.717, 1.165) is 0 Å². The molecule has 0 aliphatic carbocycles. The van der Waals surface area contributed by atoms with Crippen molar-refractivity contribution < 1.29 is 31.8 Å². The Morgan fingerprint density at radius 3 is 2.58 bits per heavy atom. The summed E-state index contributed by atoms with van der Waals surface area (Å²) in [5, 5.41) is 5.25. The van der Waals surface area contributed by atoms with Crippen molar-refractivity contribution in [3.05, 3.63) is 35.3 Å². The monoisotopic (exact) mass is 471 g/mol. The zero-order chi connectivity index (χ0) is 24.2. The number of alkyl halides is 3. The summed E-state index contributed by atoms with van der Waals surface area (Å²) in [6.07, 6.45) is -4.45. The smallest absolute Gasteiger partial charge is 0.421 e. The van der Waals surface area contributed by atoms with Gasteiger partial charge in [0.1, 0.15) is 11.4 Å². The van der Waals surface area contributed by atoms with Crippen LogP contribution in [0.1, 0.15) is 36.7 Å². The zero-order valence-electron chi connectivity index (χ0n) is 18.4. The second-order valence-electron chi connectivity index (χ2n) is 7.48. The minimum Gasteiger partial charge on any atom is -0.486 e. The molecule has 8 nitrogen and oxygen atoms in total. The maximum absolute atomic E-state index is 15.4. The van der Waals surface area contributed by atoms with Crippen molar-refractivity contribution >= 4 is 23.4 Å². The standard InChI is InChI=1S/C21H25F4N5O3/c1-4-26-18-14(21(23,24)25)11-27-20(29-18)28-15-6-5-13(16(22)17(15)33-12(2)3)19(31)30-7-9-32-10-8-30/h5-6,11-12H,4,7-10H2,1-3H3,(H2,26,27,28,29). The Morgan fingerprint density at radius 1 is 1.27 bits per heavy atom. The molecule has 2 aromatic rings. The lowest BCUT2D eigenvalue weighted by atomic mass is 10.1. The average Bonchev–Trinajstić information content (AvgIpc) is 2.76. The summed E-state index contributed by atoms with van der Waals surface area (Å²) in [6.45, 7) is 6.59. The van der Waals surface area contributed by atoms with Gasteiger partial charge < -0.3 is 25.0 Å². The Bertz CT molecular complexity index is 995. The van der Waals surface area contributed by atoms with Crippen LogP contribution in [-0.4, -0.2) is 59.7 Å². The third kappa shape index (κ3) is 5.81. The van der Waals surface area contributed by atoms with Gasteiger partial charge >= 0.3 is 6.18 Å². The number of halogens is 4. The van der Waals surface area contributed by atoms with Crippen LogP contribution in [0.25, 0.3) is 0 Å². The van der Waals surface area contributed by atoms with E-state index in [-0.39, 0.29) is 29.5 Å². The molecule has 1 aromatic heterocycles. The molecular formula is C21H25F4N5O3. The highest BCUT2D eigenvalue weighted by Gasteiger charge is 2.35. The minimum absolute atomic E-state index is 0.0712. The predicted molar refractivity (Wildman–Crippen MR) is 113 cm³/mol. The number of rotatable bonds is 7. The molecule has 1 fully saturated rings. The van der Waals surface area contributed by atoms with Crippen molar-refractivity contribution in [2.45, 2.75) is 33.1 Å². The molecule has 1 amide bonds. The maximum atomic E-state index is 15.4. The Morgan fingerprint density at radius 2 is 1.97 bits per heavy atom. The number of benzene rings is 1. The van der Waals surface area contributed by atoms with Crippen molar-refractivity contribution in [2.24, 2.45) is 0 Å². The van der Waals surface area contributed by atoms with Gasteiger partial charge in [-0.2, -0.15) is 18.2 Å². The van der Waals surface area contributed by atoms with Crippen molar-refractivity contribution in [3.8, 4) is 5.75 Å². The summed E-state index contributed by atoms with van der Waals surface area (Å²) in [4.78, 5) is 21.9. The molecule has 12 heteroatoms. The molecule has 0 radical (unpaired) electrons. The number of anilines is 3. The number of nitrogens with one attached hydrogen (secondary N) is 2. The lowest BCUT2D eigenvalue weighted by Gasteiger charge is -2.27. The molecule has 33 heavy (non-hydrogen) atoms. The summed E-state index contributed by atoms with van der Waals surface area (Å²) in [7, 11) is 0. The largest absolute Gasteiger partial charge is 0.486 e. The first-order valence-electron chi connectivity index (χ1n) is 10.4. The highest BCUT2D eigenvalue weighted by molar-refractivity contribution is 5.96. The van der Waals surface area contributed by atoms with Crippen LogP contribution in [0.5, 0.6) is 5.75 Å². The van der Waals surface area contributed by atoms with E-state index in [1.165, 1.54) is 17.0 Å². The van der Waals surface area contributed by atoms with Crippen LogP contribution in [0, 0.1) is 5.82 Å². The van der Waals surface area contributed by atoms with E-state index < -0.39 is 35.4 Å². The first kappa shape index (κ1) is 24.5. The van der Waals surface area contributed by atoms with E-state index in [9.17, 15) is 18.0 Å². The van der Waals surface area contributed by atoms with Gasteiger partial charge in [-0.1, -0.05) is 0 Å². The van der Waals surface area contributed by atoms with E-state index >= 15 is 4.39 Å². The second kappa shape index (κ2) is 10.2. The fourth-order valence-electron chi connectivity index (χ4n) is 3.18. The Hall–Kier alpha value is -3.15. The Kier molecular flexibility index (Phi) is 7.57. The summed E-state index contributed by atoms with van der Waals surface area (Å²) < 4.78 is 65.8. The van der Waals surface area contributed by atoms with Crippen LogP contribution in [0.4, 0.5) is 35.0 Å². The van der Waals surface area contributed by atoms with Gasteiger partial charge in [0.15, 0.2) is 11.6 Å². The number of hydrogen-bond acceptors (Lipinski definition) is 7. The minimum atomic E-state index is -4.64. The van der Waals surface area contributed by atoms with Gasteiger partial charge in [-0.3, -0.25) is 4.79 Å². The summed E-state index contributed by atoms with van der Waals surface area (Å²) in [6, 6.07) is 2.69. The summed E-state index contributed by atoms with van der Waals surface area (Å²) in [5.41, 5.74) is -1.13. The molecule has 0 saturated carbocycles. The van der Waals surface area contributed by atoms with Gasteiger partial charge in [-0.05, 0) is 32.9 Å². The SMILES string of the molecule is CCNc1nc(Nc2ccc(C(=O)N3CCOCC3)c(F)c2OC(C)C)ncc1C(F)(F)F. The first-order chi connectivity index (χ1) is 15.6. The van der Waals surface area contributed by atoms with E-state index in [2.05, 4.69) is 20.6 Å². The Labute approximate surface area is 188 Å². The number of amides is 1. The normalized spacial score (nSPS) is 14.4. The van der Waals surface area contributed by atoms with Crippen LogP contribution < -0.4 is 15.4 Å². The number of hydrogen-bond donors (Lipinski definition) is 2. The fourth-order valence-corrected chi connectivity index (χ4v) is 3.18. The molecule has 0 spiro atoms. The van der Waals surface area contributed by atoms with E-state index in [1.54, 1.807) is 20.8 Å². The van der Waals surface area contributed by atoms with Gasteiger partial charge in [0.05, 0.1) is 30.6 Å². The highest BCUT2D eigenvalue weighted by atomic mass is 19.4. The highest BCUT2D eigenvalue weighted by Crippen LogP contribution is 2.36. The number of carbonyl (C=O) groups is 1. The van der Waals surface area contributed by atoms with Crippen molar-refractivity contribution in [1.29, 1.82) is 0 Å². The van der Waals surface area contributed by atoms with Gasteiger partial charge in [0.2, 0.25) is 5.95 Å². The Balaban J connectivity index is 1.96. The first-order valence-corrected chi connectivity index (χ1v) is 10.4. The molecule has 0 bridgehead atoms. The van der Waals surface area contributed by atoms with E-state index in [4.69, 9.17) is 9.47 Å². The van der Waals surface area contributed by atoms with Gasteiger partial charge in [-0.15, -0.1) is 0 Å². The second-order valence-corrected chi connectivity index (χ2v) is 7.48. The lowest BCUT2D eigenvalue weighted by Crippen LogP contribution is -2.41. The van der Waals surface area contributed by atoms with Crippen LogP contribution in [0.2, 0.25) is 0 Å². The zero-order valence-corrected chi connectivity index (χ0v) is 18.4. The molecular weight excluding hydrogens is 446 g/mol. The third-order valence-corrected chi connectivity index (χ3v) is 4.66. The number of morpholine rings is 1. The van der Waals surface area contributed by atoms with Crippen LogP contribution in [-0.2, 0) is 10.9 Å². The van der Waals surface area contributed by atoms with E-state index in [1.807, 2.05) is 0 Å². The summed E-state index contributed by atoms with van der Waals surface area (Å²) in [5.74, 6) is -2.24. The molecule has 0 unspecified atom stereocenters. The molecule has 2 N–H and O–H groups in total. The average molecular weight is 471 g/mol. The molecule has 1 saturated heterocycles. The van der Waals surface area contributed by atoms with Gasteiger partial charge in [-0.25, -0.2) is 9.37 Å². The molecule has 180 valence electrons. The summed E-state index contributed by atoms with van der Waals surface area (Å²) >= 11 is 0. The molecule has 1 aliphatic heterocycles. The van der Waals surface area contributed by atoms with Crippen LogP contribution in [0.3, 0.4) is 0 Å². The number of carbonyl (C=O) groups excluding carboxylic acids is 1. The van der Waals surface area contributed by atoms with Crippen molar-refractivity contribution in [2.75, 3.05) is 43.5 Å². The van der Waals surface area contributed by atoms with Crippen LogP contribution in [0.15, 0.2) is 18.3 Å². The van der Waals surface area contributed by atoms with Gasteiger partial charge in [0.25, 0.3) is 5.91 Å².